The normalized spacial score (nSPS) is 21.2. The van der Waals surface area contributed by atoms with Crippen molar-refractivity contribution in [2.45, 2.75) is 46.0 Å². The number of carbonyl (C=O) groups is 3. The van der Waals surface area contributed by atoms with E-state index in [0.29, 0.717) is 39.0 Å². The number of aliphatic carboxylic acids is 1. The quantitative estimate of drug-likeness (QED) is 0.850. The van der Waals surface area contributed by atoms with E-state index in [4.69, 9.17) is 0 Å². The number of hydrogen-bond acceptors (Lipinski definition) is 3. The molecule has 1 aliphatic heterocycles. The predicted molar refractivity (Wildman–Crippen MR) is 81.2 cm³/mol. The summed E-state index contributed by atoms with van der Waals surface area (Å²) in [6, 6.07) is 0. The standard InChI is InChI=1S/C16H26N2O4/c1-12(2)14(20)18-8-4-7-17(9-10-18)13(19)11-16(15(21)22)5-3-6-16/h12H,3-11H2,1-2H3,(H,21,22). The summed E-state index contributed by atoms with van der Waals surface area (Å²) in [6.45, 7) is 6.09. The number of hydrogen-bond donors (Lipinski definition) is 1. The molecule has 2 fully saturated rings. The SMILES string of the molecule is CC(C)C(=O)N1CCCN(C(=O)CC2(C(=O)O)CCC2)CC1. The molecule has 1 saturated heterocycles. The van der Waals surface area contributed by atoms with Gasteiger partial charge in [0.25, 0.3) is 0 Å². The number of carboxylic acids is 1. The van der Waals surface area contributed by atoms with Crippen LogP contribution >= 0.6 is 0 Å². The van der Waals surface area contributed by atoms with Gasteiger partial charge in [-0.3, -0.25) is 14.4 Å². The zero-order chi connectivity index (χ0) is 16.3. The van der Waals surface area contributed by atoms with Crippen molar-refractivity contribution in [2.24, 2.45) is 11.3 Å². The van der Waals surface area contributed by atoms with E-state index in [-0.39, 0.29) is 24.2 Å². The van der Waals surface area contributed by atoms with Crippen LogP contribution in [0.2, 0.25) is 0 Å². The van der Waals surface area contributed by atoms with Crippen molar-refractivity contribution in [3.63, 3.8) is 0 Å². The summed E-state index contributed by atoms with van der Waals surface area (Å²) in [6.07, 6.45) is 2.93. The summed E-state index contributed by atoms with van der Waals surface area (Å²) in [4.78, 5) is 39.4. The third kappa shape index (κ3) is 3.42. The van der Waals surface area contributed by atoms with Crippen molar-refractivity contribution < 1.29 is 19.5 Å². The van der Waals surface area contributed by atoms with Crippen molar-refractivity contribution in [3.8, 4) is 0 Å². The summed E-state index contributed by atoms with van der Waals surface area (Å²) >= 11 is 0. The fourth-order valence-electron chi connectivity index (χ4n) is 3.22. The van der Waals surface area contributed by atoms with Gasteiger partial charge in [-0.05, 0) is 19.3 Å². The molecule has 0 radical (unpaired) electrons. The Hall–Kier alpha value is -1.59. The van der Waals surface area contributed by atoms with Gasteiger partial charge in [0.2, 0.25) is 11.8 Å². The molecule has 1 heterocycles. The van der Waals surface area contributed by atoms with Gasteiger partial charge in [-0.15, -0.1) is 0 Å². The number of nitrogens with zero attached hydrogens (tertiary/aromatic N) is 2. The van der Waals surface area contributed by atoms with Crippen molar-refractivity contribution in [1.29, 1.82) is 0 Å². The molecule has 22 heavy (non-hydrogen) atoms. The topological polar surface area (TPSA) is 77.9 Å². The molecule has 0 aromatic rings. The summed E-state index contributed by atoms with van der Waals surface area (Å²) in [7, 11) is 0. The number of amides is 2. The first-order chi connectivity index (χ1) is 10.4. The highest BCUT2D eigenvalue weighted by atomic mass is 16.4. The highest BCUT2D eigenvalue weighted by Gasteiger charge is 2.46. The molecule has 0 atom stereocenters. The number of rotatable bonds is 4. The largest absolute Gasteiger partial charge is 0.481 e. The van der Waals surface area contributed by atoms with Gasteiger partial charge < -0.3 is 14.9 Å². The van der Waals surface area contributed by atoms with Gasteiger partial charge in [-0.25, -0.2) is 0 Å². The summed E-state index contributed by atoms with van der Waals surface area (Å²) < 4.78 is 0. The van der Waals surface area contributed by atoms with Crippen molar-refractivity contribution >= 4 is 17.8 Å². The minimum Gasteiger partial charge on any atom is -0.481 e. The second-order valence-electron chi connectivity index (χ2n) is 6.83. The molecule has 2 rings (SSSR count). The van der Waals surface area contributed by atoms with Gasteiger partial charge in [-0.1, -0.05) is 20.3 Å². The van der Waals surface area contributed by atoms with Crippen LogP contribution in [0.3, 0.4) is 0 Å². The second-order valence-corrected chi connectivity index (χ2v) is 6.83. The molecule has 2 aliphatic rings. The Morgan fingerprint density at radius 2 is 1.59 bits per heavy atom. The van der Waals surface area contributed by atoms with Gasteiger partial charge in [0.1, 0.15) is 0 Å². The van der Waals surface area contributed by atoms with E-state index in [9.17, 15) is 19.5 Å². The maximum atomic E-state index is 12.4. The molecule has 1 aliphatic carbocycles. The van der Waals surface area contributed by atoms with Crippen LogP contribution in [0.5, 0.6) is 0 Å². The Balaban J connectivity index is 1.92. The summed E-state index contributed by atoms with van der Waals surface area (Å²) in [5.41, 5.74) is -0.836. The van der Waals surface area contributed by atoms with Gasteiger partial charge >= 0.3 is 5.97 Å². The molecule has 0 aromatic carbocycles. The third-order valence-corrected chi connectivity index (χ3v) is 4.91. The Bertz CT molecular complexity index is 457. The molecule has 0 spiro atoms. The van der Waals surface area contributed by atoms with E-state index in [2.05, 4.69) is 0 Å². The molecular weight excluding hydrogens is 284 g/mol. The van der Waals surface area contributed by atoms with E-state index in [0.717, 1.165) is 12.8 Å². The lowest BCUT2D eigenvalue weighted by Gasteiger charge is -2.38. The zero-order valence-electron chi connectivity index (χ0n) is 13.5. The smallest absolute Gasteiger partial charge is 0.310 e. The first-order valence-electron chi connectivity index (χ1n) is 8.16. The lowest BCUT2D eigenvalue weighted by atomic mass is 9.66. The minimum absolute atomic E-state index is 0.0347. The minimum atomic E-state index is -0.849. The molecule has 6 nitrogen and oxygen atoms in total. The second kappa shape index (κ2) is 6.67. The Morgan fingerprint density at radius 3 is 2.09 bits per heavy atom. The highest BCUT2D eigenvalue weighted by Crippen LogP contribution is 2.44. The lowest BCUT2D eigenvalue weighted by Crippen LogP contribution is -2.45. The Morgan fingerprint density at radius 1 is 1.00 bits per heavy atom. The van der Waals surface area contributed by atoms with E-state index in [1.807, 2.05) is 18.7 Å². The molecular formula is C16H26N2O4. The lowest BCUT2D eigenvalue weighted by molar-refractivity contribution is -0.159. The van der Waals surface area contributed by atoms with Crippen LogP contribution in [0.15, 0.2) is 0 Å². The van der Waals surface area contributed by atoms with E-state index in [1.165, 1.54) is 0 Å². The monoisotopic (exact) mass is 310 g/mol. The van der Waals surface area contributed by atoms with Crippen molar-refractivity contribution in [2.75, 3.05) is 26.2 Å². The van der Waals surface area contributed by atoms with Gasteiger partial charge in [0, 0.05) is 38.5 Å². The molecule has 0 unspecified atom stereocenters. The van der Waals surface area contributed by atoms with Crippen LogP contribution in [0.25, 0.3) is 0 Å². The van der Waals surface area contributed by atoms with Crippen LogP contribution < -0.4 is 0 Å². The van der Waals surface area contributed by atoms with Crippen LogP contribution in [0.4, 0.5) is 0 Å². The molecule has 0 aromatic heterocycles. The van der Waals surface area contributed by atoms with E-state index in [1.54, 1.807) is 4.90 Å². The maximum Gasteiger partial charge on any atom is 0.310 e. The average molecular weight is 310 g/mol. The molecule has 1 N–H and O–H groups in total. The molecule has 1 saturated carbocycles. The third-order valence-electron chi connectivity index (χ3n) is 4.91. The first-order valence-corrected chi connectivity index (χ1v) is 8.16. The van der Waals surface area contributed by atoms with Gasteiger partial charge in [0.15, 0.2) is 0 Å². The molecule has 2 amide bonds. The zero-order valence-corrected chi connectivity index (χ0v) is 13.5. The highest BCUT2D eigenvalue weighted by molar-refractivity contribution is 5.86. The van der Waals surface area contributed by atoms with Crippen LogP contribution in [0, 0.1) is 11.3 Å². The van der Waals surface area contributed by atoms with Gasteiger partial charge in [-0.2, -0.15) is 0 Å². The van der Waals surface area contributed by atoms with E-state index >= 15 is 0 Å². The number of carboxylic acid groups (broad SMARTS) is 1. The van der Waals surface area contributed by atoms with Crippen molar-refractivity contribution in [3.05, 3.63) is 0 Å². The van der Waals surface area contributed by atoms with Crippen LogP contribution in [-0.4, -0.2) is 58.9 Å². The summed E-state index contributed by atoms with van der Waals surface area (Å²) in [5.74, 6) is -0.845. The fourth-order valence-corrected chi connectivity index (χ4v) is 3.22. The average Bonchev–Trinajstić information content (AvgIpc) is 2.67. The molecule has 124 valence electrons. The van der Waals surface area contributed by atoms with Crippen LogP contribution in [-0.2, 0) is 14.4 Å². The first kappa shape index (κ1) is 16.8. The molecule has 6 heteroatoms. The van der Waals surface area contributed by atoms with Crippen LogP contribution in [0.1, 0.15) is 46.0 Å². The summed E-state index contributed by atoms with van der Waals surface area (Å²) in [5, 5.41) is 9.34. The number of carbonyl (C=O) groups excluding carboxylic acids is 2. The van der Waals surface area contributed by atoms with Gasteiger partial charge in [0.05, 0.1) is 5.41 Å². The predicted octanol–water partition coefficient (Wildman–Crippen LogP) is 1.35. The van der Waals surface area contributed by atoms with E-state index < -0.39 is 11.4 Å². The maximum absolute atomic E-state index is 12.4. The fraction of sp³-hybridized carbons (Fsp3) is 0.812. The molecule has 0 bridgehead atoms. The Kier molecular flexibility index (Phi) is 5.08. The Labute approximate surface area is 131 Å². The van der Waals surface area contributed by atoms with Crippen molar-refractivity contribution in [1.82, 2.24) is 9.80 Å².